The van der Waals surface area contributed by atoms with Gasteiger partial charge in [0.25, 0.3) is 0 Å². The van der Waals surface area contributed by atoms with Crippen LogP contribution in [0.4, 0.5) is 0 Å². The Morgan fingerprint density at radius 3 is 2.38 bits per heavy atom. The van der Waals surface area contributed by atoms with Crippen LogP contribution < -0.4 is 0 Å². The lowest BCUT2D eigenvalue weighted by Crippen LogP contribution is -2.42. The van der Waals surface area contributed by atoms with E-state index in [0.717, 1.165) is 23.9 Å². The highest BCUT2D eigenvalue weighted by Gasteiger charge is 2.46. The highest BCUT2D eigenvalue weighted by atomic mass is 32.2. The summed E-state index contributed by atoms with van der Waals surface area (Å²) in [6, 6.07) is 4.30. The molecule has 1 saturated heterocycles. The van der Waals surface area contributed by atoms with Crippen LogP contribution in [0, 0.1) is 6.92 Å². The van der Waals surface area contributed by atoms with Crippen molar-refractivity contribution in [3.05, 3.63) is 29.8 Å². The summed E-state index contributed by atoms with van der Waals surface area (Å²) in [5.41, 5.74) is 0.899. The number of carbonyl (C=O) groups excluding carboxylic acids is 2. The zero-order valence-corrected chi connectivity index (χ0v) is 14.5. The van der Waals surface area contributed by atoms with Crippen molar-refractivity contribution in [1.29, 1.82) is 0 Å². The molecule has 1 fully saturated rings. The first-order valence-corrected chi connectivity index (χ1v) is 8.77. The molecule has 0 aliphatic carbocycles. The highest BCUT2D eigenvalue weighted by Crippen LogP contribution is 2.29. The van der Waals surface area contributed by atoms with Gasteiger partial charge in [0.05, 0.1) is 18.0 Å². The minimum Gasteiger partial charge on any atom is -0.468 e. The number of benzene rings is 1. The largest absolute Gasteiger partial charge is 0.468 e. The second kappa shape index (κ2) is 6.88. The fourth-order valence-electron chi connectivity index (χ4n) is 2.68. The predicted octanol–water partition coefficient (Wildman–Crippen LogP) is 0.537. The van der Waals surface area contributed by atoms with E-state index in [9.17, 15) is 23.2 Å². The van der Waals surface area contributed by atoms with Gasteiger partial charge in [0, 0.05) is 13.5 Å². The number of sulfonamides is 1. The molecule has 1 aliphatic rings. The Bertz CT molecular complexity index is 731. The lowest BCUT2D eigenvalue weighted by atomic mass is 10.1. The Balaban J connectivity index is 2.38. The van der Waals surface area contributed by atoms with Gasteiger partial charge in [0.2, 0.25) is 15.9 Å². The van der Waals surface area contributed by atoms with Crippen LogP contribution in [0.2, 0.25) is 0 Å². The zero-order valence-electron chi connectivity index (χ0n) is 13.7. The number of hydrogen-bond donors (Lipinski definition) is 1. The molecule has 24 heavy (non-hydrogen) atoms. The molecule has 9 heteroatoms. The Morgan fingerprint density at radius 1 is 1.29 bits per heavy atom. The number of ether oxygens (including phenoxy) is 1. The summed E-state index contributed by atoms with van der Waals surface area (Å²) in [6.07, 6.45) is -0.0339. The standard InChI is InChI=1S/C15H20N2O6S/c1-10-4-6-13(7-5-10)24(21,22)16-9-12(17(20)11(2)18)8-14(16)15(19)23-3/h4-7,12,14,20H,8-9H2,1-3H3/t12-,14-/m0/s1. The Labute approximate surface area is 140 Å². The monoisotopic (exact) mass is 356 g/mol. The molecule has 132 valence electrons. The van der Waals surface area contributed by atoms with Crippen molar-refractivity contribution < 1.29 is 28.0 Å². The van der Waals surface area contributed by atoms with E-state index in [1.54, 1.807) is 12.1 Å². The minimum absolute atomic E-state index is 0.0339. The summed E-state index contributed by atoms with van der Waals surface area (Å²) >= 11 is 0. The van der Waals surface area contributed by atoms with E-state index in [4.69, 9.17) is 0 Å². The summed E-state index contributed by atoms with van der Waals surface area (Å²) in [6.45, 7) is 2.80. The van der Waals surface area contributed by atoms with Crippen molar-refractivity contribution in [2.75, 3.05) is 13.7 Å². The van der Waals surface area contributed by atoms with E-state index < -0.39 is 34.0 Å². The number of hydroxylamine groups is 2. The molecule has 2 atom stereocenters. The molecule has 0 saturated carbocycles. The van der Waals surface area contributed by atoms with E-state index in [2.05, 4.69) is 4.74 Å². The molecular weight excluding hydrogens is 336 g/mol. The topological polar surface area (TPSA) is 104 Å². The van der Waals surface area contributed by atoms with Crippen LogP contribution >= 0.6 is 0 Å². The molecule has 1 N–H and O–H groups in total. The first-order valence-electron chi connectivity index (χ1n) is 7.33. The highest BCUT2D eigenvalue weighted by molar-refractivity contribution is 7.89. The molecule has 0 bridgehead atoms. The maximum Gasteiger partial charge on any atom is 0.324 e. The molecule has 0 unspecified atom stereocenters. The molecule has 8 nitrogen and oxygen atoms in total. The molecular formula is C15H20N2O6S. The molecule has 1 amide bonds. The quantitative estimate of drug-likeness (QED) is 0.480. The van der Waals surface area contributed by atoms with Crippen LogP contribution in [-0.2, 0) is 24.3 Å². The number of amides is 1. The van der Waals surface area contributed by atoms with Gasteiger partial charge in [0.1, 0.15) is 6.04 Å². The van der Waals surface area contributed by atoms with Gasteiger partial charge in [-0.1, -0.05) is 17.7 Å². The zero-order chi connectivity index (χ0) is 18.1. The van der Waals surface area contributed by atoms with Gasteiger partial charge < -0.3 is 4.74 Å². The Hall–Kier alpha value is -1.97. The molecule has 1 aromatic rings. The lowest BCUT2D eigenvalue weighted by molar-refractivity contribution is -0.172. The number of hydrogen-bond acceptors (Lipinski definition) is 6. The van der Waals surface area contributed by atoms with Crippen LogP contribution in [-0.4, -0.2) is 60.6 Å². The summed E-state index contributed by atoms with van der Waals surface area (Å²) in [5, 5.41) is 10.3. The number of esters is 1. The van der Waals surface area contributed by atoms with Crippen LogP contribution in [0.1, 0.15) is 18.9 Å². The summed E-state index contributed by atoms with van der Waals surface area (Å²) < 4.78 is 31.3. The second-order valence-electron chi connectivity index (χ2n) is 5.68. The molecule has 2 rings (SSSR count). The van der Waals surface area contributed by atoms with E-state index >= 15 is 0 Å². The average Bonchev–Trinajstić information content (AvgIpc) is 2.99. The fourth-order valence-corrected chi connectivity index (χ4v) is 4.31. The average molecular weight is 356 g/mol. The van der Waals surface area contributed by atoms with E-state index in [1.807, 2.05) is 6.92 Å². The van der Waals surface area contributed by atoms with Gasteiger partial charge in [-0.15, -0.1) is 0 Å². The lowest BCUT2D eigenvalue weighted by Gasteiger charge is -2.22. The van der Waals surface area contributed by atoms with E-state index in [1.165, 1.54) is 12.1 Å². The Kier molecular flexibility index (Phi) is 5.26. The molecule has 0 aromatic heterocycles. The van der Waals surface area contributed by atoms with Gasteiger partial charge >= 0.3 is 5.97 Å². The van der Waals surface area contributed by atoms with Gasteiger partial charge in [-0.05, 0) is 25.5 Å². The van der Waals surface area contributed by atoms with Crippen molar-refractivity contribution in [2.24, 2.45) is 0 Å². The van der Waals surface area contributed by atoms with Crippen LogP contribution in [0.25, 0.3) is 0 Å². The van der Waals surface area contributed by atoms with Gasteiger partial charge in [-0.25, -0.2) is 13.5 Å². The maximum absolute atomic E-state index is 12.8. The van der Waals surface area contributed by atoms with Crippen LogP contribution in [0.15, 0.2) is 29.2 Å². The van der Waals surface area contributed by atoms with Crippen LogP contribution in [0.5, 0.6) is 0 Å². The number of nitrogens with zero attached hydrogens (tertiary/aromatic N) is 2. The number of carbonyl (C=O) groups is 2. The normalized spacial score (nSPS) is 21.5. The molecule has 1 aliphatic heterocycles. The second-order valence-corrected chi connectivity index (χ2v) is 7.57. The molecule has 0 radical (unpaired) electrons. The number of aryl methyl sites for hydroxylation is 1. The SMILES string of the molecule is COC(=O)[C@@H]1C[C@H](N(O)C(C)=O)CN1S(=O)(=O)c1ccc(C)cc1. The number of methoxy groups -OCH3 is 1. The van der Waals surface area contributed by atoms with Crippen molar-refractivity contribution in [3.8, 4) is 0 Å². The smallest absolute Gasteiger partial charge is 0.324 e. The van der Waals surface area contributed by atoms with Gasteiger partial charge in [0.15, 0.2) is 0 Å². The van der Waals surface area contributed by atoms with Gasteiger partial charge in [-0.2, -0.15) is 4.31 Å². The molecule has 1 aromatic carbocycles. The molecule has 1 heterocycles. The van der Waals surface area contributed by atoms with Crippen molar-refractivity contribution in [2.45, 2.75) is 37.2 Å². The predicted molar refractivity (Wildman–Crippen MR) is 83.6 cm³/mol. The first-order chi connectivity index (χ1) is 11.2. The minimum atomic E-state index is -3.97. The third kappa shape index (κ3) is 3.42. The van der Waals surface area contributed by atoms with Crippen molar-refractivity contribution in [3.63, 3.8) is 0 Å². The third-order valence-electron chi connectivity index (χ3n) is 4.00. The summed E-state index contributed by atoms with van der Waals surface area (Å²) in [7, 11) is -2.81. The Morgan fingerprint density at radius 2 is 1.88 bits per heavy atom. The van der Waals surface area contributed by atoms with E-state index in [0.29, 0.717) is 5.06 Å². The van der Waals surface area contributed by atoms with Crippen molar-refractivity contribution in [1.82, 2.24) is 9.37 Å². The van der Waals surface area contributed by atoms with Crippen molar-refractivity contribution >= 4 is 21.9 Å². The fraction of sp³-hybridized carbons (Fsp3) is 0.467. The first kappa shape index (κ1) is 18.4. The maximum atomic E-state index is 12.8. The number of rotatable bonds is 4. The van der Waals surface area contributed by atoms with E-state index in [-0.39, 0.29) is 17.9 Å². The summed E-state index contributed by atoms with van der Waals surface area (Å²) in [4.78, 5) is 23.4. The van der Waals surface area contributed by atoms with Crippen LogP contribution in [0.3, 0.4) is 0 Å². The third-order valence-corrected chi connectivity index (χ3v) is 5.89. The molecule has 0 spiro atoms. The summed E-state index contributed by atoms with van der Waals surface area (Å²) in [5.74, 6) is -1.36. The van der Waals surface area contributed by atoms with Gasteiger partial charge in [-0.3, -0.25) is 14.8 Å².